The van der Waals surface area contributed by atoms with Gasteiger partial charge in [0.2, 0.25) is 5.91 Å². The number of amides is 2. The van der Waals surface area contributed by atoms with Gasteiger partial charge in [-0.1, -0.05) is 6.07 Å². The maximum absolute atomic E-state index is 11.9. The SMILES string of the molecule is CC(NC(=O)c1cccc(O)c1)C(=O)NC(C)(C)C. The number of phenolic OH excluding ortho intramolecular Hbond substituents is 1. The fraction of sp³-hybridized carbons (Fsp3) is 0.429. The van der Waals surface area contributed by atoms with Crippen molar-refractivity contribution >= 4 is 11.8 Å². The van der Waals surface area contributed by atoms with Crippen molar-refractivity contribution in [3.05, 3.63) is 29.8 Å². The zero-order valence-corrected chi connectivity index (χ0v) is 11.7. The highest BCUT2D eigenvalue weighted by Gasteiger charge is 2.21. The van der Waals surface area contributed by atoms with E-state index in [1.165, 1.54) is 12.1 Å². The van der Waals surface area contributed by atoms with Crippen molar-refractivity contribution in [1.82, 2.24) is 10.6 Å². The summed E-state index contributed by atoms with van der Waals surface area (Å²) in [5.41, 5.74) is -0.0310. The van der Waals surface area contributed by atoms with Crippen LogP contribution in [0.3, 0.4) is 0 Å². The standard InChI is InChI=1S/C14H20N2O3/c1-9(12(18)16-14(2,3)4)15-13(19)10-6-5-7-11(17)8-10/h5-9,17H,1-4H3,(H,15,19)(H,16,18). The molecule has 104 valence electrons. The molecule has 0 radical (unpaired) electrons. The summed E-state index contributed by atoms with van der Waals surface area (Å²) < 4.78 is 0. The van der Waals surface area contributed by atoms with Gasteiger partial charge >= 0.3 is 0 Å². The minimum absolute atomic E-state index is 0.0134. The van der Waals surface area contributed by atoms with Crippen molar-refractivity contribution in [2.75, 3.05) is 0 Å². The first kappa shape index (κ1) is 15.0. The lowest BCUT2D eigenvalue weighted by molar-refractivity contribution is -0.124. The van der Waals surface area contributed by atoms with Crippen LogP contribution in [0.2, 0.25) is 0 Å². The second-order valence-electron chi connectivity index (χ2n) is 5.48. The normalized spacial score (nSPS) is 12.6. The van der Waals surface area contributed by atoms with Crippen LogP contribution in [0.4, 0.5) is 0 Å². The summed E-state index contributed by atoms with van der Waals surface area (Å²) in [6.45, 7) is 7.22. The van der Waals surface area contributed by atoms with E-state index in [9.17, 15) is 14.7 Å². The highest BCUT2D eigenvalue weighted by molar-refractivity contribution is 5.97. The van der Waals surface area contributed by atoms with Gasteiger partial charge in [0, 0.05) is 11.1 Å². The predicted octanol–water partition coefficient (Wildman–Crippen LogP) is 1.43. The highest BCUT2D eigenvalue weighted by Crippen LogP contribution is 2.10. The molecule has 3 N–H and O–H groups in total. The number of aromatic hydroxyl groups is 1. The van der Waals surface area contributed by atoms with Crippen LogP contribution in [0.5, 0.6) is 5.75 Å². The molecule has 0 bridgehead atoms. The van der Waals surface area contributed by atoms with Crippen molar-refractivity contribution < 1.29 is 14.7 Å². The fourth-order valence-electron chi connectivity index (χ4n) is 1.47. The first-order valence-corrected chi connectivity index (χ1v) is 6.11. The molecule has 0 aliphatic rings. The second kappa shape index (κ2) is 5.73. The number of benzene rings is 1. The molecule has 0 fully saturated rings. The average molecular weight is 264 g/mol. The number of hydrogen-bond acceptors (Lipinski definition) is 3. The minimum atomic E-state index is -0.644. The third kappa shape index (κ3) is 4.99. The summed E-state index contributed by atoms with van der Waals surface area (Å²) in [6, 6.07) is 5.33. The number of carbonyl (C=O) groups excluding carboxylic acids is 2. The fourth-order valence-corrected chi connectivity index (χ4v) is 1.47. The van der Waals surface area contributed by atoms with Gasteiger partial charge in [0.15, 0.2) is 0 Å². The molecular weight excluding hydrogens is 244 g/mol. The molecule has 0 saturated heterocycles. The van der Waals surface area contributed by atoms with Gasteiger partial charge in [-0.2, -0.15) is 0 Å². The van der Waals surface area contributed by atoms with E-state index in [1.807, 2.05) is 20.8 Å². The average Bonchev–Trinajstić information content (AvgIpc) is 2.26. The molecular formula is C14H20N2O3. The summed E-state index contributed by atoms with van der Waals surface area (Å²) >= 11 is 0. The molecule has 1 unspecified atom stereocenters. The summed E-state index contributed by atoms with van der Waals surface area (Å²) in [6.07, 6.45) is 0. The van der Waals surface area contributed by atoms with Gasteiger partial charge in [-0.05, 0) is 45.9 Å². The molecule has 1 rings (SSSR count). The van der Waals surface area contributed by atoms with Crippen molar-refractivity contribution in [2.24, 2.45) is 0 Å². The Morgan fingerprint density at radius 1 is 1.26 bits per heavy atom. The van der Waals surface area contributed by atoms with Crippen molar-refractivity contribution in [1.29, 1.82) is 0 Å². The molecule has 1 aromatic carbocycles. The molecule has 0 aromatic heterocycles. The van der Waals surface area contributed by atoms with Crippen molar-refractivity contribution in [3.8, 4) is 5.75 Å². The van der Waals surface area contributed by atoms with E-state index in [4.69, 9.17) is 0 Å². The molecule has 0 spiro atoms. The zero-order valence-electron chi connectivity index (χ0n) is 11.7. The summed E-state index contributed by atoms with van der Waals surface area (Å²) in [4.78, 5) is 23.7. The largest absolute Gasteiger partial charge is 0.508 e. The molecule has 1 atom stereocenters. The van der Waals surface area contributed by atoms with Crippen LogP contribution in [0.1, 0.15) is 38.1 Å². The van der Waals surface area contributed by atoms with Crippen LogP contribution in [-0.4, -0.2) is 28.5 Å². The topological polar surface area (TPSA) is 78.4 Å². The summed E-state index contributed by atoms with van der Waals surface area (Å²) in [5.74, 6) is -0.632. The van der Waals surface area contributed by atoms with E-state index in [1.54, 1.807) is 19.1 Å². The van der Waals surface area contributed by atoms with Crippen molar-refractivity contribution in [2.45, 2.75) is 39.3 Å². The zero-order chi connectivity index (χ0) is 14.6. The molecule has 5 heteroatoms. The summed E-state index contributed by atoms with van der Waals surface area (Å²) in [5, 5.41) is 14.7. The van der Waals surface area contributed by atoms with Crippen LogP contribution in [0.25, 0.3) is 0 Å². The van der Waals surface area contributed by atoms with Gasteiger partial charge in [0.25, 0.3) is 5.91 Å². The molecule has 0 saturated carbocycles. The monoisotopic (exact) mass is 264 g/mol. The van der Waals surface area contributed by atoms with Gasteiger partial charge in [0.1, 0.15) is 11.8 Å². The molecule has 5 nitrogen and oxygen atoms in total. The molecule has 1 aromatic rings. The third-order valence-corrected chi connectivity index (χ3v) is 2.35. The van der Waals surface area contributed by atoms with Crippen molar-refractivity contribution in [3.63, 3.8) is 0 Å². The van der Waals surface area contributed by atoms with Crippen LogP contribution in [0, 0.1) is 0 Å². The quantitative estimate of drug-likeness (QED) is 0.772. The Balaban J connectivity index is 2.64. The van der Waals surface area contributed by atoms with E-state index in [2.05, 4.69) is 10.6 Å². The van der Waals surface area contributed by atoms with Gasteiger partial charge < -0.3 is 15.7 Å². The van der Waals surface area contributed by atoms with E-state index >= 15 is 0 Å². The van der Waals surface area contributed by atoms with E-state index in [0.29, 0.717) is 5.56 Å². The van der Waals surface area contributed by atoms with Gasteiger partial charge in [-0.3, -0.25) is 9.59 Å². The molecule has 0 heterocycles. The predicted molar refractivity (Wildman–Crippen MR) is 72.9 cm³/mol. The number of nitrogens with one attached hydrogen (secondary N) is 2. The molecule has 0 aliphatic carbocycles. The molecule has 19 heavy (non-hydrogen) atoms. The van der Waals surface area contributed by atoms with Gasteiger partial charge in [0.05, 0.1) is 0 Å². The third-order valence-electron chi connectivity index (χ3n) is 2.35. The number of carbonyl (C=O) groups is 2. The van der Waals surface area contributed by atoms with Crippen LogP contribution >= 0.6 is 0 Å². The van der Waals surface area contributed by atoms with Crippen LogP contribution < -0.4 is 10.6 Å². The Bertz CT molecular complexity index is 478. The Morgan fingerprint density at radius 3 is 2.42 bits per heavy atom. The van der Waals surface area contributed by atoms with Gasteiger partial charge in [-0.25, -0.2) is 0 Å². The first-order chi connectivity index (χ1) is 8.69. The lowest BCUT2D eigenvalue weighted by atomic mass is 10.1. The lowest BCUT2D eigenvalue weighted by Gasteiger charge is -2.23. The minimum Gasteiger partial charge on any atom is -0.508 e. The number of rotatable bonds is 3. The van der Waals surface area contributed by atoms with E-state index in [0.717, 1.165) is 0 Å². The first-order valence-electron chi connectivity index (χ1n) is 6.11. The Labute approximate surface area is 113 Å². The number of phenols is 1. The smallest absolute Gasteiger partial charge is 0.252 e. The second-order valence-corrected chi connectivity index (χ2v) is 5.48. The Morgan fingerprint density at radius 2 is 1.89 bits per heavy atom. The van der Waals surface area contributed by atoms with Crippen LogP contribution in [0.15, 0.2) is 24.3 Å². The van der Waals surface area contributed by atoms with E-state index in [-0.39, 0.29) is 17.2 Å². The molecule has 0 aliphatic heterocycles. The Hall–Kier alpha value is -2.04. The van der Waals surface area contributed by atoms with Gasteiger partial charge in [-0.15, -0.1) is 0 Å². The maximum Gasteiger partial charge on any atom is 0.252 e. The maximum atomic E-state index is 11.9. The number of hydrogen-bond donors (Lipinski definition) is 3. The molecule has 2 amide bonds. The Kier molecular flexibility index (Phi) is 4.53. The lowest BCUT2D eigenvalue weighted by Crippen LogP contribution is -2.50. The summed E-state index contributed by atoms with van der Waals surface area (Å²) in [7, 11) is 0. The van der Waals surface area contributed by atoms with Crippen LogP contribution in [-0.2, 0) is 4.79 Å². The van der Waals surface area contributed by atoms with E-state index < -0.39 is 11.9 Å². The highest BCUT2D eigenvalue weighted by atomic mass is 16.3.